The summed E-state index contributed by atoms with van der Waals surface area (Å²) in [7, 11) is 0. The molecule has 2 heterocycles. The maximum absolute atomic E-state index is 13.2. The molecule has 166 valence electrons. The van der Waals surface area contributed by atoms with E-state index in [-0.39, 0.29) is 32.9 Å². The van der Waals surface area contributed by atoms with E-state index in [2.05, 4.69) is 5.32 Å². The second kappa shape index (κ2) is 8.63. The van der Waals surface area contributed by atoms with Crippen LogP contribution in [0.3, 0.4) is 0 Å². The molecule has 11 heteroatoms. The molecule has 3 aromatic rings. The molecule has 0 saturated carbocycles. The number of hydrogen-bond acceptors (Lipinski definition) is 7. The average Bonchev–Trinajstić information content (AvgIpc) is 3.35. The summed E-state index contributed by atoms with van der Waals surface area (Å²) in [4.78, 5) is 62.0. The Balaban J connectivity index is 1.45. The van der Waals surface area contributed by atoms with Gasteiger partial charge in [-0.25, -0.2) is 14.1 Å². The molecule has 0 saturated heterocycles. The minimum Gasteiger partial charge on any atom is -0.452 e. The summed E-state index contributed by atoms with van der Waals surface area (Å²) in [6, 6.07) is 10.1. The average molecular weight is 467 g/mol. The first kappa shape index (κ1) is 21.8. The monoisotopic (exact) mass is 467 g/mol. The molecular weight excluding hydrogens is 453 g/mol. The van der Waals surface area contributed by atoms with Crippen LogP contribution >= 0.6 is 11.3 Å². The Labute approximate surface area is 189 Å². The summed E-state index contributed by atoms with van der Waals surface area (Å²) in [5.74, 6) is -4.10. The van der Waals surface area contributed by atoms with Crippen LogP contribution in [0.5, 0.6) is 0 Å². The molecule has 33 heavy (non-hydrogen) atoms. The van der Waals surface area contributed by atoms with Gasteiger partial charge in [0.2, 0.25) is 0 Å². The molecule has 0 spiro atoms. The number of halogens is 1. The van der Waals surface area contributed by atoms with Crippen molar-refractivity contribution in [2.75, 3.05) is 16.8 Å². The van der Waals surface area contributed by atoms with E-state index < -0.39 is 42.0 Å². The van der Waals surface area contributed by atoms with Crippen LogP contribution in [0, 0.1) is 5.82 Å². The lowest BCUT2D eigenvalue weighted by atomic mass is 10.1. The van der Waals surface area contributed by atoms with Gasteiger partial charge in [0.1, 0.15) is 10.8 Å². The summed E-state index contributed by atoms with van der Waals surface area (Å²) in [6.07, 6.45) is 0. The zero-order chi connectivity index (χ0) is 23.7. The lowest BCUT2D eigenvalue weighted by Crippen LogP contribution is -2.29. The van der Waals surface area contributed by atoms with E-state index in [9.17, 15) is 28.4 Å². The number of esters is 1. The number of hydrogen-bond donors (Lipinski definition) is 2. The molecule has 1 aromatic heterocycles. The van der Waals surface area contributed by atoms with E-state index in [0.29, 0.717) is 0 Å². The van der Waals surface area contributed by atoms with Gasteiger partial charge in [0.25, 0.3) is 23.6 Å². The standard InChI is InChI=1S/C22H14FN3O6S/c23-12-2-4-13(5-3-12)26-20(29)14-6-1-11(9-16(14)21(26)30)22(31)32-10-17(27)25-19-15(18(24)28)7-8-33-19/h1-9H,10H2,(H2,24,28)(H,25,27). The van der Waals surface area contributed by atoms with Crippen molar-refractivity contribution in [2.45, 2.75) is 0 Å². The molecule has 4 rings (SSSR count). The molecule has 0 bridgehead atoms. The largest absolute Gasteiger partial charge is 0.452 e. The molecular formula is C22H14FN3O6S. The first-order chi connectivity index (χ1) is 15.8. The van der Waals surface area contributed by atoms with Crippen LogP contribution < -0.4 is 16.0 Å². The van der Waals surface area contributed by atoms with Crippen LogP contribution in [0.4, 0.5) is 15.1 Å². The predicted octanol–water partition coefficient (Wildman–Crippen LogP) is 2.58. The molecule has 0 fully saturated rings. The van der Waals surface area contributed by atoms with Gasteiger partial charge >= 0.3 is 5.97 Å². The van der Waals surface area contributed by atoms with E-state index in [1.54, 1.807) is 5.38 Å². The summed E-state index contributed by atoms with van der Waals surface area (Å²) >= 11 is 1.08. The third-order valence-electron chi connectivity index (χ3n) is 4.73. The highest BCUT2D eigenvalue weighted by atomic mass is 32.1. The molecule has 2 aromatic carbocycles. The third kappa shape index (κ3) is 4.21. The van der Waals surface area contributed by atoms with Crippen molar-refractivity contribution < 1.29 is 33.1 Å². The minimum atomic E-state index is -0.894. The highest BCUT2D eigenvalue weighted by Crippen LogP contribution is 2.29. The first-order valence-electron chi connectivity index (χ1n) is 9.39. The SMILES string of the molecule is NC(=O)c1ccsc1NC(=O)COC(=O)c1ccc2c(c1)C(=O)N(c1ccc(F)cc1)C2=O. The fourth-order valence-corrected chi connectivity index (χ4v) is 3.98. The number of rotatable bonds is 6. The highest BCUT2D eigenvalue weighted by Gasteiger charge is 2.37. The quantitative estimate of drug-likeness (QED) is 0.423. The van der Waals surface area contributed by atoms with Crippen molar-refractivity contribution in [3.63, 3.8) is 0 Å². The van der Waals surface area contributed by atoms with Gasteiger partial charge in [-0.2, -0.15) is 0 Å². The number of carbonyl (C=O) groups is 5. The van der Waals surface area contributed by atoms with Crippen LogP contribution in [-0.4, -0.2) is 36.2 Å². The van der Waals surface area contributed by atoms with E-state index in [1.807, 2.05) is 0 Å². The number of nitrogens with zero attached hydrogens (tertiary/aromatic N) is 1. The lowest BCUT2D eigenvalue weighted by Gasteiger charge is -2.13. The summed E-state index contributed by atoms with van der Waals surface area (Å²) in [5, 5.41) is 4.23. The van der Waals surface area contributed by atoms with Crippen molar-refractivity contribution >= 4 is 51.6 Å². The summed E-state index contributed by atoms with van der Waals surface area (Å²) in [5.41, 5.74) is 5.55. The molecule has 0 radical (unpaired) electrons. The van der Waals surface area contributed by atoms with Crippen LogP contribution in [0.1, 0.15) is 41.4 Å². The number of amides is 4. The number of carbonyl (C=O) groups excluding carboxylic acids is 5. The predicted molar refractivity (Wildman–Crippen MR) is 116 cm³/mol. The second-order valence-electron chi connectivity index (χ2n) is 6.83. The van der Waals surface area contributed by atoms with Gasteiger partial charge in [-0.1, -0.05) is 0 Å². The third-order valence-corrected chi connectivity index (χ3v) is 5.55. The number of fused-ring (bicyclic) bond motifs is 1. The van der Waals surface area contributed by atoms with Gasteiger partial charge in [0.05, 0.1) is 27.9 Å². The normalized spacial score (nSPS) is 12.5. The Hall–Kier alpha value is -4.38. The zero-order valence-corrected chi connectivity index (χ0v) is 17.5. The van der Waals surface area contributed by atoms with E-state index in [0.717, 1.165) is 28.4 Å². The van der Waals surface area contributed by atoms with Gasteiger partial charge < -0.3 is 15.8 Å². The smallest absolute Gasteiger partial charge is 0.338 e. The van der Waals surface area contributed by atoms with Gasteiger partial charge in [0, 0.05) is 0 Å². The number of nitrogens with two attached hydrogens (primary N) is 1. The van der Waals surface area contributed by atoms with Crippen molar-refractivity contribution in [1.82, 2.24) is 0 Å². The fourth-order valence-electron chi connectivity index (χ4n) is 3.17. The minimum absolute atomic E-state index is 0.0205. The van der Waals surface area contributed by atoms with Crippen molar-refractivity contribution in [2.24, 2.45) is 5.73 Å². The molecule has 9 nitrogen and oxygen atoms in total. The topological polar surface area (TPSA) is 136 Å². The van der Waals surface area contributed by atoms with Gasteiger partial charge in [0.15, 0.2) is 6.61 Å². The number of benzene rings is 2. The molecule has 1 aliphatic heterocycles. The van der Waals surface area contributed by atoms with Gasteiger partial charge in [-0.3, -0.25) is 19.2 Å². The van der Waals surface area contributed by atoms with Crippen LogP contribution in [0.25, 0.3) is 0 Å². The lowest BCUT2D eigenvalue weighted by molar-refractivity contribution is -0.119. The molecule has 0 atom stereocenters. The van der Waals surface area contributed by atoms with Crippen LogP contribution in [0.2, 0.25) is 0 Å². The number of thiophene rings is 1. The first-order valence-corrected chi connectivity index (χ1v) is 10.3. The van der Waals surface area contributed by atoms with Crippen molar-refractivity contribution in [3.05, 3.63) is 82.0 Å². The number of nitrogens with one attached hydrogen (secondary N) is 1. The van der Waals surface area contributed by atoms with E-state index in [4.69, 9.17) is 10.5 Å². The summed E-state index contributed by atoms with van der Waals surface area (Å²) < 4.78 is 18.1. The number of ether oxygens (including phenoxy) is 1. The number of anilines is 2. The number of imide groups is 1. The molecule has 0 aliphatic carbocycles. The molecule has 0 unspecified atom stereocenters. The Bertz CT molecular complexity index is 1320. The van der Waals surface area contributed by atoms with E-state index >= 15 is 0 Å². The Kier molecular flexibility index (Phi) is 5.71. The molecule has 4 amide bonds. The molecule has 1 aliphatic rings. The number of primary amides is 1. The maximum atomic E-state index is 13.2. The van der Waals surface area contributed by atoms with Crippen molar-refractivity contribution in [1.29, 1.82) is 0 Å². The van der Waals surface area contributed by atoms with Crippen LogP contribution in [0.15, 0.2) is 53.9 Å². The maximum Gasteiger partial charge on any atom is 0.338 e. The fraction of sp³-hybridized carbons (Fsp3) is 0.0455. The van der Waals surface area contributed by atoms with Crippen LogP contribution in [-0.2, 0) is 9.53 Å². The summed E-state index contributed by atoms with van der Waals surface area (Å²) in [6.45, 7) is -0.652. The van der Waals surface area contributed by atoms with Crippen molar-refractivity contribution in [3.8, 4) is 0 Å². The Morgan fingerprint density at radius 3 is 2.39 bits per heavy atom. The zero-order valence-electron chi connectivity index (χ0n) is 16.7. The van der Waals surface area contributed by atoms with Gasteiger partial charge in [-0.15, -0.1) is 11.3 Å². The molecule has 3 N–H and O–H groups in total. The van der Waals surface area contributed by atoms with Gasteiger partial charge in [-0.05, 0) is 53.9 Å². The van der Waals surface area contributed by atoms with E-state index in [1.165, 1.54) is 36.4 Å². The Morgan fingerprint density at radius 2 is 1.70 bits per heavy atom. The highest BCUT2D eigenvalue weighted by molar-refractivity contribution is 7.14. The second-order valence-corrected chi connectivity index (χ2v) is 7.75. The Morgan fingerprint density at radius 1 is 1.00 bits per heavy atom.